The summed E-state index contributed by atoms with van der Waals surface area (Å²) in [6.45, 7) is 4.21. The molecule has 162 valence electrons. The van der Waals surface area contributed by atoms with Crippen LogP contribution in [0, 0.1) is 15.5 Å². The molecule has 2 aromatic carbocycles. The van der Waals surface area contributed by atoms with Crippen LogP contribution in [0.4, 0.5) is 17.1 Å². The van der Waals surface area contributed by atoms with E-state index in [-0.39, 0.29) is 16.9 Å². The lowest BCUT2D eigenvalue weighted by atomic mass is 9.74. The number of Topliss-reactive ketones (excluding diaryl/α,β-unsaturated/α-hetero) is 1. The van der Waals surface area contributed by atoms with Gasteiger partial charge in [0.15, 0.2) is 5.78 Å². The molecule has 1 aliphatic carbocycles. The molecule has 1 aromatic heterocycles. The van der Waals surface area contributed by atoms with Gasteiger partial charge in [-0.05, 0) is 48.2 Å². The van der Waals surface area contributed by atoms with E-state index in [0.29, 0.717) is 23.5 Å². The molecule has 0 radical (unpaired) electrons. The number of nitrogens with zero attached hydrogens (tertiary/aromatic N) is 1. The number of rotatable bonds is 3. The average molecular weight is 429 g/mol. The number of benzene rings is 2. The minimum atomic E-state index is -0.434. The quantitative estimate of drug-likeness (QED) is 0.387. The predicted molar refractivity (Wildman–Crippen MR) is 122 cm³/mol. The first-order valence-electron chi connectivity index (χ1n) is 10.5. The summed E-state index contributed by atoms with van der Waals surface area (Å²) in [4.78, 5) is 23.8. The zero-order valence-corrected chi connectivity index (χ0v) is 17.8. The molecule has 1 aliphatic heterocycles. The molecule has 0 fully saturated rings. The Morgan fingerprint density at radius 1 is 1.00 bits per heavy atom. The highest BCUT2D eigenvalue weighted by Gasteiger charge is 2.39. The Kier molecular flexibility index (Phi) is 4.62. The van der Waals surface area contributed by atoms with Crippen LogP contribution in [-0.2, 0) is 4.79 Å². The molecule has 5 rings (SSSR count). The summed E-state index contributed by atoms with van der Waals surface area (Å²) in [5.41, 5.74) is 4.08. The molecule has 0 amide bonds. The third-order valence-corrected chi connectivity index (χ3v) is 6.00. The minimum Gasteiger partial charge on any atom is -0.459 e. The van der Waals surface area contributed by atoms with Gasteiger partial charge in [0.05, 0.1) is 16.3 Å². The standard InChI is InChI=1S/C25H23N3O4/c1-25(2)13-19-23(20(29)14-25)24(27-18-6-4-3-5-17(18)26-19)22-12-11-21(32-22)15-7-9-16(10-8-15)28(30)31/h3-12,24,26-27H,13-14H2,1-2H3. The molecular formula is C25H23N3O4. The summed E-state index contributed by atoms with van der Waals surface area (Å²) >= 11 is 0. The van der Waals surface area contributed by atoms with Crippen molar-refractivity contribution < 1.29 is 14.1 Å². The highest BCUT2D eigenvalue weighted by Crippen LogP contribution is 2.46. The lowest BCUT2D eigenvalue weighted by molar-refractivity contribution is -0.384. The zero-order chi connectivity index (χ0) is 22.5. The molecule has 2 aliphatic rings. The van der Waals surface area contributed by atoms with Crippen LogP contribution in [0.25, 0.3) is 11.3 Å². The molecule has 32 heavy (non-hydrogen) atoms. The second-order valence-corrected chi connectivity index (χ2v) is 9.09. The largest absolute Gasteiger partial charge is 0.459 e. The van der Waals surface area contributed by atoms with Gasteiger partial charge in [-0.25, -0.2) is 0 Å². The Labute approximate surface area is 185 Å². The second kappa shape index (κ2) is 7.37. The van der Waals surface area contributed by atoms with E-state index < -0.39 is 11.0 Å². The van der Waals surface area contributed by atoms with E-state index in [9.17, 15) is 14.9 Å². The predicted octanol–water partition coefficient (Wildman–Crippen LogP) is 6.08. The number of hydrogen-bond donors (Lipinski definition) is 2. The number of nitro groups is 1. The highest BCUT2D eigenvalue weighted by molar-refractivity contribution is 6.01. The molecule has 0 spiro atoms. The van der Waals surface area contributed by atoms with Crippen LogP contribution in [0.5, 0.6) is 0 Å². The average Bonchev–Trinajstić information content (AvgIpc) is 3.17. The first-order valence-corrected chi connectivity index (χ1v) is 10.5. The van der Waals surface area contributed by atoms with Crippen LogP contribution in [0.1, 0.15) is 38.5 Å². The molecule has 3 aromatic rings. The number of fused-ring (bicyclic) bond motifs is 1. The van der Waals surface area contributed by atoms with Crippen molar-refractivity contribution in [2.75, 3.05) is 10.6 Å². The molecule has 1 unspecified atom stereocenters. The SMILES string of the molecule is CC1(C)CC(=O)C2=C(C1)Nc1ccccc1NC2c1ccc(-c2ccc([N+](=O)[O-])cc2)o1. The summed E-state index contributed by atoms with van der Waals surface area (Å²) in [6.07, 6.45) is 1.23. The number of non-ortho nitro benzene ring substituents is 1. The lowest BCUT2D eigenvalue weighted by Crippen LogP contribution is -2.31. The summed E-state index contributed by atoms with van der Waals surface area (Å²) in [5.74, 6) is 1.31. The van der Waals surface area contributed by atoms with E-state index in [0.717, 1.165) is 29.1 Å². The number of carbonyl (C=O) groups is 1. The molecule has 1 atom stereocenters. The molecule has 0 bridgehead atoms. The maximum atomic E-state index is 13.3. The number of furan rings is 1. The van der Waals surface area contributed by atoms with Crippen LogP contribution in [0.15, 0.2) is 76.4 Å². The Bertz CT molecular complexity index is 1250. The van der Waals surface area contributed by atoms with E-state index in [1.54, 1.807) is 12.1 Å². The monoisotopic (exact) mass is 429 g/mol. The van der Waals surface area contributed by atoms with E-state index in [1.807, 2.05) is 36.4 Å². The summed E-state index contributed by atoms with van der Waals surface area (Å²) in [7, 11) is 0. The van der Waals surface area contributed by atoms with Crippen LogP contribution < -0.4 is 10.6 Å². The number of carbonyl (C=O) groups excluding carboxylic acids is 1. The van der Waals surface area contributed by atoms with Crippen molar-refractivity contribution >= 4 is 22.8 Å². The van der Waals surface area contributed by atoms with Gasteiger partial charge in [0.1, 0.15) is 17.6 Å². The van der Waals surface area contributed by atoms with Gasteiger partial charge >= 0.3 is 0 Å². The van der Waals surface area contributed by atoms with Crippen molar-refractivity contribution in [3.8, 4) is 11.3 Å². The Hall–Kier alpha value is -3.87. The van der Waals surface area contributed by atoms with Crippen LogP contribution >= 0.6 is 0 Å². The Morgan fingerprint density at radius 2 is 1.72 bits per heavy atom. The second-order valence-electron chi connectivity index (χ2n) is 9.09. The van der Waals surface area contributed by atoms with Crippen LogP contribution in [-0.4, -0.2) is 10.7 Å². The number of nitro benzene ring substituents is 1. The number of ketones is 1. The van der Waals surface area contributed by atoms with Crippen molar-refractivity contribution in [2.24, 2.45) is 5.41 Å². The van der Waals surface area contributed by atoms with Crippen molar-refractivity contribution in [3.05, 3.63) is 87.8 Å². The molecule has 7 heteroatoms. The van der Waals surface area contributed by atoms with Crippen LogP contribution in [0.3, 0.4) is 0 Å². The Balaban J connectivity index is 1.57. The van der Waals surface area contributed by atoms with Gasteiger partial charge in [-0.3, -0.25) is 14.9 Å². The van der Waals surface area contributed by atoms with E-state index in [1.165, 1.54) is 12.1 Å². The maximum absolute atomic E-state index is 13.3. The first kappa shape index (κ1) is 20.1. The molecule has 2 heterocycles. The van der Waals surface area contributed by atoms with Gasteiger partial charge in [-0.2, -0.15) is 0 Å². The van der Waals surface area contributed by atoms with E-state index in [2.05, 4.69) is 24.5 Å². The van der Waals surface area contributed by atoms with E-state index in [4.69, 9.17) is 4.42 Å². The summed E-state index contributed by atoms with van der Waals surface area (Å²) in [6, 6.07) is 17.4. The minimum absolute atomic E-state index is 0.0267. The Morgan fingerprint density at radius 3 is 2.44 bits per heavy atom. The van der Waals surface area contributed by atoms with E-state index >= 15 is 0 Å². The highest BCUT2D eigenvalue weighted by atomic mass is 16.6. The van der Waals surface area contributed by atoms with Crippen molar-refractivity contribution in [1.82, 2.24) is 0 Å². The number of hydrogen-bond acceptors (Lipinski definition) is 6. The third kappa shape index (κ3) is 3.56. The van der Waals surface area contributed by atoms with Crippen molar-refractivity contribution in [2.45, 2.75) is 32.7 Å². The number of anilines is 2. The van der Waals surface area contributed by atoms with Gasteiger partial charge in [0, 0.05) is 35.4 Å². The van der Waals surface area contributed by atoms with Gasteiger partial charge in [-0.1, -0.05) is 26.0 Å². The number of allylic oxidation sites excluding steroid dienone is 1. The molecule has 0 saturated heterocycles. The molecule has 0 saturated carbocycles. The third-order valence-electron chi connectivity index (χ3n) is 6.00. The molecular weight excluding hydrogens is 406 g/mol. The molecule has 7 nitrogen and oxygen atoms in total. The zero-order valence-electron chi connectivity index (χ0n) is 17.8. The fourth-order valence-corrected chi connectivity index (χ4v) is 4.51. The van der Waals surface area contributed by atoms with Crippen molar-refractivity contribution in [1.29, 1.82) is 0 Å². The summed E-state index contributed by atoms with van der Waals surface area (Å²) < 4.78 is 6.18. The van der Waals surface area contributed by atoms with Gasteiger partial charge in [0.25, 0.3) is 5.69 Å². The fourth-order valence-electron chi connectivity index (χ4n) is 4.51. The van der Waals surface area contributed by atoms with Crippen LogP contribution in [0.2, 0.25) is 0 Å². The summed E-state index contributed by atoms with van der Waals surface area (Å²) in [5, 5.41) is 17.9. The molecule has 2 N–H and O–H groups in total. The fraction of sp³-hybridized carbons (Fsp3) is 0.240. The van der Waals surface area contributed by atoms with Gasteiger partial charge in [-0.15, -0.1) is 0 Å². The lowest BCUT2D eigenvalue weighted by Gasteiger charge is -2.33. The number of para-hydroxylation sites is 2. The normalized spacial score (nSPS) is 19.3. The number of nitrogens with one attached hydrogen (secondary N) is 2. The topological polar surface area (TPSA) is 97.4 Å². The smallest absolute Gasteiger partial charge is 0.269 e. The van der Waals surface area contributed by atoms with Crippen molar-refractivity contribution in [3.63, 3.8) is 0 Å². The van der Waals surface area contributed by atoms with Gasteiger partial charge < -0.3 is 15.1 Å². The maximum Gasteiger partial charge on any atom is 0.269 e. The first-order chi connectivity index (χ1) is 15.3. The van der Waals surface area contributed by atoms with Gasteiger partial charge in [0.2, 0.25) is 0 Å².